The molecule has 0 radical (unpaired) electrons. The van der Waals surface area contributed by atoms with Gasteiger partial charge < -0.3 is 9.84 Å². The van der Waals surface area contributed by atoms with Gasteiger partial charge in [-0.1, -0.05) is 35.6 Å². The van der Waals surface area contributed by atoms with Gasteiger partial charge in [-0.05, 0) is 50.3 Å². The van der Waals surface area contributed by atoms with Gasteiger partial charge in [-0.2, -0.15) is 5.26 Å². The first-order valence-corrected chi connectivity index (χ1v) is 13.3. The van der Waals surface area contributed by atoms with Crippen LogP contribution in [0.2, 0.25) is 0 Å². The number of benzene rings is 1. The SMILES string of the molecule is CC(C)OC1CC=C(c2nnc(-c3cccc4c3CCC4NS(=O)(=O)CC(=O)O)s2)C=C1C#N. The van der Waals surface area contributed by atoms with Gasteiger partial charge in [-0.25, -0.2) is 13.1 Å². The lowest BCUT2D eigenvalue weighted by molar-refractivity contribution is -0.134. The van der Waals surface area contributed by atoms with Crippen molar-refractivity contribution in [2.24, 2.45) is 0 Å². The fourth-order valence-electron chi connectivity index (χ4n) is 4.24. The van der Waals surface area contributed by atoms with Gasteiger partial charge in [0.25, 0.3) is 0 Å². The summed E-state index contributed by atoms with van der Waals surface area (Å²) in [5, 5.41) is 28.5. The van der Waals surface area contributed by atoms with E-state index in [0.29, 0.717) is 34.9 Å². The minimum absolute atomic E-state index is 0.0161. The number of carboxylic acid groups (broad SMARTS) is 1. The molecule has 2 aliphatic carbocycles. The van der Waals surface area contributed by atoms with E-state index in [9.17, 15) is 18.5 Å². The zero-order valence-corrected chi connectivity index (χ0v) is 20.3. The van der Waals surface area contributed by atoms with Crippen molar-refractivity contribution >= 4 is 32.9 Å². The van der Waals surface area contributed by atoms with Crippen molar-refractivity contribution in [2.75, 3.05) is 5.75 Å². The number of hydrogen-bond donors (Lipinski definition) is 2. The Bertz CT molecular complexity index is 1320. The van der Waals surface area contributed by atoms with Crippen LogP contribution in [0.25, 0.3) is 16.1 Å². The van der Waals surface area contributed by atoms with Crippen molar-refractivity contribution in [2.45, 2.75) is 51.4 Å². The average molecular weight is 501 g/mol. The molecule has 0 saturated carbocycles. The minimum atomic E-state index is -3.94. The van der Waals surface area contributed by atoms with Crippen molar-refractivity contribution in [1.29, 1.82) is 5.26 Å². The second-order valence-electron chi connectivity index (χ2n) is 8.43. The van der Waals surface area contributed by atoms with E-state index in [1.807, 2.05) is 38.1 Å². The molecule has 1 aromatic carbocycles. The van der Waals surface area contributed by atoms with E-state index in [1.54, 1.807) is 6.08 Å². The second-order valence-corrected chi connectivity index (χ2v) is 11.2. The molecule has 0 amide bonds. The third-order valence-electron chi connectivity index (χ3n) is 5.58. The summed E-state index contributed by atoms with van der Waals surface area (Å²) in [7, 11) is -3.94. The van der Waals surface area contributed by atoms with Gasteiger partial charge in [0.1, 0.15) is 10.0 Å². The fraction of sp³-hybridized carbons (Fsp3) is 0.391. The highest BCUT2D eigenvalue weighted by Crippen LogP contribution is 2.40. The van der Waals surface area contributed by atoms with Crippen molar-refractivity contribution in [1.82, 2.24) is 14.9 Å². The lowest BCUT2D eigenvalue weighted by Crippen LogP contribution is -2.32. The molecule has 1 aromatic heterocycles. The van der Waals surface area contributed by atoms with Gasteiger partial charge in [0.15, 0.2) is 5.75 Å². The van der Waals surface area contributed by atoms with Gasteiger partial charge in [-0.3, -0.25) is 4.79 Å². The summed E-state index contributed by atoms with van der Waals surface area (Å²) >= 11 is 1.41. The van der Waals surface area contributed by atoms with Crippen molar-refractivity contribution in [3.63, 3.8) is 0 Å². The maximum absolute atomic E-state index is 12.1. The smallest absolute Gasteiger partial charge is 0.320 e. The highest BCUT2D eigenvalue weighted by Gasteiger charge is 2.30. The number of carbonyl (C=O) groups is 1. The molecule has 9 nitrogen and oxygen atoms in total. The molecule has 2 aromatic rings. The van der Waals surface area contributed by atoms with Crippen LogP contribution < -0.4 is 4.72 Å². The summed E-state index contributed by atoms with van der Waals surface area (Å²) in [5.74, 6) is -2.36. The number of ether oxygens (including phenoxy) is 1. The van der Waals surface area contributed by atoms with Crippen molar-refractivity contribution in [3.8, 4) is 16.6 Å². The second kappa shape index (κ2) is 9.76. The summed E-state index contributed by atoms with van der Waals surface area (Å²) in [6, 6.07) is 7.36. The summed E-state index contributed by atoms with van der Waals surface area (Å²) in [6.07, 6.45) is 5.30. The molecule has 34 heavy (non-hydrogen) atoms. The number of nitrogens with zero attached hydrogens (tertiary/aromatic N) is 3. The lowest BCUT2D eigenvalue weighted by Gasteiger charge is -2.21. The third kappa shape index (κ3) is 5.26. The van der Waals surface area contributed by atoms with Crippen LogP contribution in [0.4, 0.5) is 0 Å². The lowest BCUT2D eigenvalue weighted by atomic mass is 9.97. The molecule has 0 saturated heterocycles. The molecule has 1 heterocycles. The molecular formula is C23H24N4O5S2. The number of hydrogen-bond acceptors (Lipinski definition) is 8. The zero-order chi connectivity index (χ0) is 24.5. The van der Waals surface area contributed by atoms with Crippen LogP contribution in [0.3, 0.4) is 0 Å². The monoisotopic (exact) mass is 500 g/mol. The molecule has 0 fully saturated rings. The molecule has 2 atom stereocenters. The molecule has 11 heteroatoms. The standard InChI is InChI=1S/C23H24N4O5S2/c1-13(2)32-20-9-6-14(10-15(20)11-24)22-25-26-23(33-22)18-5-3-4-17-16(18)7-8-19(17)27-34(30,31)12-21(28)29/h3-6,10,13,19-20,27H,7-9,12H2,1-2H3,(H,28,29). The number of fused-ring (bicyclic) bond motifs is 1. The fourth-order valence-corrected chi connectivity index (χ4v) is 6.23. The zero-order valence-electron chi connectivity index (χ0n) is 18.7. The van der Waals surface area contributed by atoms with Crippen molar-refractivity contribution in [3.05, 3.63) is 52.1 Å². The summed E-state index contributed by atoms with van der Waals surface area (Å²) in [5.41, 5.74) is 4.06. The van der Waals surface area contributed by atoms with Crippen LogP contribution in [0.1, 0.15) is 48.9 Å². The Kier molecular flexibility index (Phi) is 6.95. The molecule has 178 valence electrons. The van der Waals surface area contributed by atoms with Gasteiger partial charge >= 0.3 is 5.97 Å². The summed E-state index contributed by atoms with van der Waals surface area (Å²) < 4.78 is 32.6. The van der Waals surface area contributed by atoms with E-state index < -0.39 is 27.8 Å². The van der Waals surface area contributed by atoms with Crippen LogP contribution in [-0.4, -0.2) is 47.7 Å². The Morgan fingerprint density at radius 1 is 1.35 bits per heavy atom. The van der Waals surface area contributed by atoms with Crippen LogP contribution in [-0.2, 0) is 26.0 Å². The number of aromatic nitrogens is 2. The summed E-state index contributed by atoms with van der Waals surface area (Å²) in [6.45, 7) is 3.87. The van der Waals surface area contributed by atoms with Gasteiger partial charge in [-0.15, -0.1) is 10.2 Å². The molecule has 2 unspecified atom stereocenters. The van der Waals surface area contributed by atoms with E-state index in [-0.39, 0.29) is 12.2 Å². The number of rotatable bonds is 8. The van der Waals surface area contributed by atoms with Crippen molar-refractivity contribution < 1.29 is 23.1 Å². The van der Waals surface area contributed by atoms with Crippen LogP contribution in [0, 0.1) is 11.3 Å². The molecule has 0 spiro atoms. The molecule has 2 N–H and O–H groups in total. The first kappa shape index (κ1) is 24.2. The topological polar surface area (TPSA) is 142 Å². The number of sulfonamides is 1. The molecule has 4 rings (SSSR count). The quantitative estimate of drug-likeness (QED) is 0.562. The predicted octanol–water partition coefficient (Wildman–Crippen LogP) is 3.23. The number of aliphatic carboxylic acids is 1. The first-order chi connectivity index (χ1) is 16.2. The average Bonchev–Trinajstić information content (AvgIpc) is 3.40. The Morgan fingerprint density at radius 3 is 2.82 bits per heavy atom. The van der Waals surface area contributed by atoms with E-state index in [2.05, 4.69) is 21.0 Å². The van der Waals surface area contributed by atoms with Crippen LogP contribution >= 0.6 is 11.3 Å². The Morgan fingerprint density at radius 2 is 2.12 bits per heavy atom. The van der Waals surface area contributed by atoms with E-state index in [1.165, 1.54) is 11.3 Å². The van der Waals surface area contributed by atoms with Gasteiger partial charge in [0.05, 0.1) is 23.9 Å². The molecule has 0 bridgehead atoms. The highest BCUT2D eigenvalue weighted by atomic mass is 32.2. The highest BCUT2D eigenvalue weighted by molar-refractivity contribution is 7.90. The number of carboxylic acids is 1. The third-order valence-corrected chi connectivity index (χ3v) is 7.86. The van der Waals surface area contributed by atoms with Gasteiger partial charge in [0, 0.05) is 17.2 Å². The normalized spacial score (nSPS) is 19.9. The number of allylic oxidation sites excluding steroid dienone is 2. The Balaban J connectivity index is 1.57. The maximum Gasteiger partial charge on any atom is 0.320 e. The Labute approximate surface area is 201 Å². The number of nitrogens with one attached hydrogen (secondary N) is 1. The van der Waals surface area contributed by atoms with E-state index in [4.69, 9.17) is 9.84 Å². The van der Waals surface area contributed by atoms with Crippen LogP contribution in [0.15, 0.2) is 35.9 Å². The number of nitriles is 1. The summed E-state index contributed by atoms with van der Waals surface area (Å²) in [4.78, 5) is 10.8. The molecule has 2 aliphatic rings. The minimum Gasteiger partial charge on any atom is -0.480 e. The van der Waals surface area contributed by atoms with Crippen LogP contribution in [0.5, 0.6) is 0 Å². The molecule has 0 aliphatic heterocycles. The van der Waals surface area contributed by atoms with E-state index >= 15 is 0 Å². The predicted molar refractivity (Wildman–Crippen MR) is 127 cm³/mol. The first-order valence-electron chi connectivity index (χ1n) is 10.8. The van der Waals surface area contributed by atoms with Gasteiger partial charge in [0.2, 0.25) is 10.0 Å². The van der Waals surface area contributed by atoms with E-state index in [0.717, 1.165) is 22.3 Å². The largest absolute Gasteiger partial charge is 0.480 e. The maximum atomic E-state index is 12.1. The molecular weight excluding hydrogens is 476 g/mol. The Hall–Kier alpha value is -2.91.